The van der Waals surface area contributed by atoms with Gasteiger partial charge in [0, 0.05) is 19.7 Å². The fourth-order valence-corrected chi connectivity index (χ4v) is 1.28. The van der Waals surface area contributed by atoms with Crippen molar-refractivity contribution in [2.75, 3.05) is 0 Å². The van der Waals surface area contributed by atoms with Crippen molar-refractivity contribution in [1.29, 1.82) is 0 Å². The van der Waals surface area contributed by atoms with Crippen molar-refractivity contribution >= 4 is 11.9 Å². The van der Waals surface area contributed by atoms with Crippen LogP contribution < -0.4 is 11.1 Å². The number of aryl methyl sites for hydroxylation is 1. The van der Waals surface area contributed by atoms with Gasteiger partial charge in [0.1, 0.15) is 6.04 Å². The Hall–Kier alpha value is -1.89. The Kier molecular flexibility index (Phi) is 4.22. The normalized spacial score (nSPS) is 14.1. The highest BCUT2D eigenvalue weighted by atomic mass is 16.4. The predicted octanol–water partition coefficient (Wildman–Crippen LogP) is -1.12. The first kappa shape index (κ1) is 13.2. The number of carboxylic acid groups (broad SMARTS) is 1. The molecule has 0 aliphatic heterocycles. The van der Waals surface area contributed by atoms with Crippen LogP contribution in [0.25, 0.3) is 0 Å². The summed E-state index contributed by atoms with van der Waals surface area (Å²) in [5.41, 5.74) is 5.96. The minimum absolute atomic E-state index is 0.134. The van der Waals surface area contributed by atoms with E-state index in [2.05, 4.69) is 10.3 Å². The molecule has 0 spiro atoms. The van der Waals surface area contributed by atoms with Crippen LogP contribution in [0.5, 0.6) is 0 Å². The van der Waals surface area contributed by atoms with Crippen LogP contribution in [0.4, 0.5) is 0 Å². The Bertz CT molecular complexity index is 413. The van der Waals surface area contributed by atoms with Crippen molar-refractivity contribution in [3.8, 4) is 0 Å². The number of nitrogens with zero attached hydrogens (tertiary/aromatic N) is 2. The molecule has 1 amide bonds. The van der Waals surface area contributed by atoms with Gasteiger partial charge in [-0.05, 0) is 6.92 Å². The van der Waals surface area contributed by atoms with E-state index in [1.807, 2.05) is 0 Å². The molecule has 0 aliphatic carbocycles. The van der Waals surface area contributed by atoms with E-state index in [1.165, 1.54) is 6.92 Å². The third-order valence-corrected chi connectivity index (χ3v) is 2.20. The van der Waals surface area contributed by atoms with E-state index in [4.69, 9.17) is 10.8 Å². The number of carboxylic acids is 1. The van der Waals surface area contributed by atoms with Crippen molar-refractivity contribution in [2.45, 2.75) is 25.4 Å². The summed E-state index contributed by atoms with van der Waals surface area (Å²) in [6.45, 7) is 1.50. The molecule has 0 aliphatic rings. The van der Waals surface area contributed by atoms with Gasteiger partial charge in [0.05, 0.1) is 18.1 Å². The number of carbonyl (C=O) groups excluding carboxylic acids is 1. The number of carbonyl (C=O) groups is 2. The van der Waals surface area contributed by atoms with Crippen LogP contribution in [0.2, 0.25) is 0 Å². The molecule has 2 atom stereocenters. The number of nitrogens with one attached hydrogen (secondary N) is 1. The third-order valence-electron chi connectivity index (χ3n) is 2.20. The van der Waals surface area contributed by atoms with Crippen LogP contribution in [0, 0.1) is 0 Å². The quantitative estimate of drug-likeness (QED) is 0.603. The number of aliphatic carboxylic acids is 1. The van der Waals surface area contributed by atoms with Crippen molar-refractivity contribution in [1.82, 2.24) is 14.9 Å². The zero-order valence-corrected chi connectivity index (χ0v) is 9.75. The highest BCUT2D eigenvalue weighted by Gasteiger charge is 2.22. The summed E-state index contributed by atoms with van der Waals surface area (Å²) in [6.07, 6.45) is 3.41. The summed E-state index contributed by atoms with van der Waals surface area (Å²) >= 11 is 0. The Balaban J connectivity index is 2.67. The molecule has 0 aromatic carbocycles. The maximum atomic E-state index is 11.3. The van der Waals surface area contributed by atoms with Gasteiger partial charge in [0.2, 0.25) is 5.91 Å². The van der Waals surface area contributed by atoms with Crippen molar-refractivity contribution in [3.63, 3.8) is 0 Å². The minimum atomic E-state index is -1.11. The van der Waals surface area contributed by atoms with Gasteiger partial charge >= 0.3 is 5.97 Å². The fraction of sp³-hybridized carbons (Fsp3) is 0.500. The molecule has 0 bridgehead atoms. The lowest BCUT2D eigenvalue weighted by Crippen LogP contribution is -2.48. The molecular weight excluding hydrogens is 224 g/mol. The molecule has 7 nitrogen and oxygen atoms in total. The van der Waals surface area contributed by atoms with Gasteiger partial charge in [-0.2, -0.15) is 0 Å². The summed E-state index contributed by atoms with van der Waals surface area (Å²) in [7, 11) is 1.78. The first-order valence-electron chi connectivity index (χ1n) is 5.15. The van der Waals surface area contributed by atoms with E-state index in [0.29, 0.717) is 5.69 Å². The lowest BCUT2D eigenvalue weighted by molar-refractivity contribution is -0.141. The number of imidazole rings is 1. The SMILES string of the molecule is C[C@H](N)C(=O)N[C@@H](Cc1cn(C)cn1)C(=O)O. The maximum absolute atomic E-state index is 11.3. The molecule has 0 fully saturated rings. The van der Waals surface area contributed by atoms with Crippen molar-refractivity contribution in [2.24, 2.45) is 12.8 Å². The van der Waals surface area contributed by atoms with Crippen LogP contribution in [0.3, 0.4) is 0 Å². The summed E-state index contributed by atoms with van der Waals surface area (Å²) in [5, 5.41) is 11.3. The molecule has 1 aromatic rings. The summed E-state index contributed by atoms with van der Waals surface area (Å²) in [4.78, 5) is 26.3. The predicted molar refractivity (Wildman–Crippen MR) is 60.1 cm³/mol. The van der Waals surface area contributed by atoms with Gasteiger partial charge < -0.3 is 20.7 Å². The molecular formula is C10H16N4O3. The second-order valence-electron chi connectivity index (χ2n) is 3.92. The summed E-state index contributed by atoms with van der Waals surface area (Å²) in [5.74, 6) is -1.60. The zero-order chi connectivity index (χ0) is 13.0. The molecule has 1 heterocycles. The molecule has 4 N–H and O–H groups in total. The molecule has 1 rings (SSSR count). The Labute approximate surface area is 98.6 Å². The monoisotopic (exact) mass is 240 g/mol. The molecule has 0 unspecified atom stereocenters. The summed E-state index contributed by atoms with van der Waals surface area (Å²) < 4.78 is 1.71. The van der Waals surface area contributed by atoms with Gasteiger partial charge in [-0.15, -0.1) is 0 Å². The van der Waals surface area contributed by atoms with Crippen LogP contribution in [-0.4, -0.2) is 38.6 Å². The molecule has 1 aromatic heterocycles. The Morgan fingerprint density at radius 3 is 2.71 bits per heavy atom. The minimum Gasteiger partial charge on any atom is -0.480 e. The smallest absolute Gasteiger partial charge is 0.326 e. The largest absolute Gasteiger partial charge is 0.480 e. The molecule has 0 saturated carbocycles. The first-order valence-corrected chi connectivity index (χ1v) is 5.15. The molecule has 0 radical (unpaired) electrons. The lowest BCUT2D eigenvalue weighted by Gasteiger charge is -2.14. The lowest BCUT2D eigenvalue weighted by atomic mass is 10.1. The third kappa shape index (κ3) is 3.87. The molecule has 0 saturated heterocycles. The van der Waals surface area contributed by atoms with Gasteiger partial charge in [-0.1, -0.05) is 0 Å². The van der Waals surface area contributed by atoms with E-state index in [-0.39, 0.29) is 6.42 Å². The van der Waals surface area contributed by atoms with Crippen molar-refractivity contribution < 1.29 is 14.7 Å². The zero-order valence-electron chi connectivity index (χ0n) is 9.75. The van der Waals surface area contributed by atoms with E-state index in [1.54, 1.807) is 24.1 Å². The highest BCUT2D eigenvalue weighted by molar-refractivity contribution is 5.86. The second-order valence-corrected chi connectivity index (χ2v) is 3.92. The standard InChI is InChI=1S/C10H16N4O3/c1-6(11)9(15)13-8(10(16)17)3-7-4-14(2)5-12-7/h4-6,8H,3,11H2,1-2H3,(H,13,15)(H,16,17)/t6-,8-/m0/s1. The van der Waals surface area contributed by atoms with Gasteiger partial charge in [-0.3, -0.25) is 4.79 Å². The first-order chi connectivity index (χ1) is 7.90. The molecule has 17 heavy (non-hydrogen) atoms. The van der Waals surface area contributed by atoms with Crippen LogP contribution in [-0.2, 0) is 23.1 Å². The van der Waals surface area contributed by atoms with Gasteiger partial charge in [-0.25, -0.2) is 9.78 Å². The number of rotatable bonds is 5. The highest BCUT2D eigenvalue weighted by Crippen LogP contribution is 2.00. The van der Waals surface area contributed by atoms with Crippen LogP contribution in [0.15, 0.2) is 12.5 Å². The van der Waals surface area contributed by atoms with E-state index >= 15 is 0 Å². The number of hydrogen-bond acceptors (Lipinski definition) is 4. The number of hydrogen-bond donors (Lipinski definition) is 3. The summed E-state index contributed by atoms with van der Waals surface area (Å²) in [6, 6.07) is -1.75. The topological polar surface area (TPSA) is 110 Å². The van der Waals surface area contributed by atoms with E-state index in [0.717, 1.165) is 0 Å². The van der Waals surface area contributed by atoms with Crippen molar-refractivity contribution in [3.05, 3.63) is 18.2 Å². The van der Waals surface area contributed by atoms with Gasteiger partial charge in [0.15, 0.2) is 0 Å². The average Bonchev–Trinajstić information content (AvgIpc) is 2.62. The molecule has 7 heteroatoms. The maximum Gasteiger partial charge on any atom is 0.326 e. The Morgan fingerprint density at radius 2 is 2.29 bits per heavy atom. The number of amides is 1. The van der Waals surface area contributed by atoms with Crippen LogP contribution >= 0.6 is 0 Å². The van der Waals surface area contributed by atoms with E-state index in [9.17, 15) is 9.59 Å². The van der Waals surface area contributed by atoms with Gasteiger partial charge in [0.25, 0.3) is 0 Å². The fourth-order valence-electron chi connectivity index (χ4n) is 1.28. The second kappa shape index (κ2) is 5.44. The van der Waals surface area contributed by atoms with E-state index < -0.39 is 24.0 Å². The molecule has 94 valence electrons. The number of nitrogens with two attached hydrogens (primary N) is 1. The number of aromatic nitrogens is 2. The Morgan fingerprint density at radius 1 is 1.65 bits per heavy atom. The van der Waals surface area contributed by atoms with Crippen LogP contribution in [0.1, 0.15) is 12.6 Å². The average molecular weight is 240 g/mol.